The van der Waals surface area contributed by atoms with Gasteiger partial charge in [-0.1, -0.05) is 6.42 Å². The maximum Gasteiger partial charge on any atom is 0.407 e. The van der Waals surface area contributed by atoms with E-state index in [-0.39, 0.29) is 6.09 Å². The summed E-state index contributed by atoms with van der Waals surface area (Å²) in [6.07, 6.45) is 3.07. The molecule has 1 amide bonds. The van der Waals surface area contributed by atoms with Crippen LogP contribution in [0.2, 0.25) is 0 Å². The van der Waals surface area contributed by atoms with Crippen molar-refractivity contribution in [3.8, 4) is 0 Å². The van der Waals surface area contributed by atoms with Gasteiger partial charge in [0.25, 0.3) is 0 Å². The molecule has 0 unspecified atom stereocenters. The van der Waals surface area contributed by atoms with E-state index in [1.807, 2.05) is 20.8 Å². The maximum absolute atomic E-state index is 11.4. The van der Waals surface area contributed by atoms with Gasteiger partial charge in [0.15, 0.2) is 0 Å². The largest absolute Gasteiger partial charge is 0.444 e. The van der Waals surface area contributed by atoms with Crippen molar-refractivity contribution in [1.82, 2.24) is 15.5 Å². The Balaban J connectivity index is 1.92. The third-order valence-electron chi connectivity index (χ3n) is 3.03. The smallest absolute Gasteiger partial charge is 0.407 e. The topological polar surface area (TPSA) is 53.6 Å². The molecule has 5 heteroatoms. The molecule has 0 aromatic rings. The molecule has 0 atom stereocenters. The Morgan fingerprint density at radius 3 is 2.53 bits per heavy atom. The van der Waals surface area contributed by atoms with Crippen LogP contribution in [-0.4, -0.2) is 55.9 Å². The lowest BCUT2D eigenvalue weighted by atomic mass is 10.2. The molecule has 1 fully saturated rings. The molecule has 0 aromatic heterocycles. The molecular weight excluding hydrogens is 242 g/mol. The number of carbonyl (C=O) groups excluding carboxylic acids is 1. The average molecular weight is 271 g/mol. The second-order valence-electron chi connectivity index (χ2n) is 6.08. The first-order valence-electron chi connectivity index (χ1n) is 7.37. The third kappa shape index (κ3) is 8.83. The quantitative estimate of drug-likeness (QED) is 0.720. The van der Waals surface area contributed by atoms with Gasteiger partial charge >= 0.3 is 6.09 Å². The average Bonchev–Trinajstić information content (AvgIpc) is 2.32. The second-order valence-corrected chi connectivity index (χ2v) is 6.08. The Labute approximate surface area is 117 Å². The van der Waals surface area contributed by atoms with E-state index in [4.69, 9.17) is 4.74 Å². The Bertz CT molecular complexity index is 258. The van der Waals surface area contributed by atoms with Gasteiger partial charge in [0, 0.05) is 32.7 Å². The van der Waals surface area contributed by atoms with Gasteiger partial charge in [0.05, 0.1) is 0 Å². The van der Waals surface area contributed by atoms with Crippen LogP contribution < -0.4 is 10.6 Å². The zero-order valence-corrected chi connectivity index (χ0v) is 12.6. The SMILES string of the molecule is CC(C)(C)OC(=O)NCCCCCN1CCNCC1. The van der Waals surface area contributed by atoms with Crippen LogP contribution in [0.4, 0.5) is 4.79 Å². The predicted octanol–water partition coefficient (Wildman–Crippen LogP) is 1.59. The molecule has 19 heavy (non-hydrogen) atoms. The number of amides is 1. The highest BCUT2D eigenvalue weighted by Gasteiger charge is 2.15. The molecule has 1 saturated heterocycles. The fourth-order valence-electron chi connectivity index (χ4n) is 2.08. The minimum atomic E-state index is -0.410. The van der Waals surface area contributed by atoms with Crippen molar-refractivity contribution >= 4 is 6.09 Å². The van der Waals surface area contributed by atoms with Crippen LogP contribution in [0.25, 0.3) is 0 Å². The summed E-state index contributed by atoms with van der Waals surface area (Å²) in [5, 5.41) is 6.15. The van der Waals surface area contributed by atoms with Crippen molar-refractivity contribution in [3.63, 3.8) is 0 Å². The molecule has 0 bridgehead atoms. The van der Waals surface area contributed by atoms with E-state index in [0.717, 1.165) is 39.0 Å². The summed E-state index contributed by atoms with van der Waals surface area (Å²) >= 11 is 0. The molecule has 0 aliphatic carbocycles. The van der Waals surface area contributed by atoms with Gasteiger partial charge in [-0.3, -0.25) is 0 Å². The monoisotopic (exact) mass is 271 g/mol. The van der Waals surface area contributed by atoms with E-state index >= 15 is 0 Å². The van der Waals surface area contributed by atoms with E-state index in [2.05, 4.69) is 15.5 Å². The molecule has 1 aliphatic rings. The number of carbonyl (C=O) groups is 1. The summed E-state index contributed by atoms with van der Waals surface area (Å²) in [7, 11) is 0. The Hall–Kier alpha value is -0.810. The minimum absolute atomic E-state index is 0.311. The van der Waals surface area contributed by atoms with E-state index in [1.165, 1.54) is 13.0 Å². The van der Waals surface area contributed by atoms with Gasteiger partial charge in [-0.05, 0) is 40.2 Å². The maximum atomic E-state index is 11.4. The van der Waals surface area contributed by atoms with Crippen LogP contribution in [0.1, 0.15) is 40.0 Å². The summed E-state index contributed by atoms with van der Waals surface area (Å²) in [6, 6.07) is 0. The standard InChI is InChI=1S/C14H29N3O2/c1-14(2,3)19-13(18)16-7-5-4-6-10-17-11-8-15-9-12-17/h15H,4-12H2,1-3H3,(H,16,18). The Morgan fingerprint density at radius 2 is 1.89 bits per heavy atom. The normalized spacial score (nSPS) is 17.2. The first-order valence-corrected chi connectivity index (χ1v) is 7.37. The van der Waals surface area contributed by atoms with Crippen LogP contribution in [0.15, 0.2) is 0 Å². The van der Waals surface area contributed by atoms with Crippen LogP contribution in [0.3, 0.4) is 0 Å². The van der Waals surface area contributed by atoms with Crippen molar-refractivity contribution in [2.75, 3.05) is 39.3 Å². The molecule has 1 heterocycles. The van der Waals surface area contributed by atoms with Gasteiger partial charge in [-0.25, -0.2) is 4.79 Å². The van der Waals surface area contributed by atoms with Gasteiger partial charge in [-0.2, -0.15) is 0 Å². The first kappa shape index (κ1) is 16.2. The number of nitrogens with one attached hydrogen (secondary N) is 2. The number of piperazine rings is 1. The molecule has 2 N–H and O–H groups in total. The van der Waals surface area contributed by atoms with Crippen molar-refractivity contribution in [1.29, 1.82) is 0 Å². The number of ether oxygens (including phenoxy) is 1. The summed E-state index contributed by atoms with van der Waals surface area (Å²) in [6.45, 7) is 12.1. The summed E-state index contributed by atoms with van der Waals surface area (Å²) in [5.41, 5.74) is -0.410. The second kappa shape index (κ2) is 8.38. The Morgan fingerprint density at radius 1 is 1.21 bits per heavy atom. The minimum Gasteiger partial charge on any atom is -0.444 e. The lowest BCUT2D eigenvalue weighted by molar-refractivity contribution is 0.0527. The number of rotatable bonds is 6. The van der Waals surface area contributed by atoms with Crippen LogP contribution in [0.5, 0.6) is 0 Å². The number of unbranched alkanes of at least 4 members (excludes halogenated alkanes) is 2. The molecule has 0 aromatic carbocycles. The fourth-order valence-corrected chi connectivity index (χ4v) is 2.08. The lowest BCUT2D eigenvalue weighted by Gasteiger charge is -2.27. The van der Waals surface area contributed by atoms with Gasteiger partial charge in [-0.15, -0.1) is 0 Å². The highest BCUT2D eigenvalue weighted by Crippen LogP contribution is 2.06. The molecule has 112 valence electrons. The predicted molar refractivity (Wildman–Crippen MR) is 77.4 cm³/mol. The third-order valence-corrected chi connectivity index (χ3v) is 3.03. The van der Waals surface area contributed by atoms with Crippen LogP contribution >= 0.6 is 0 Å². The van der Waals surface area contributed by atoms with Crippen molar-refractivity contribution in [2.24, 2.45) is 0 Å². The van der Waals surface area contributed by atoms with Gasteiger partial charge in [0.2, 0.25) is 0 Å². The van der Waals surface area contributed by atoms with Gasteiger partial charge < -0.3 is 20.3 Å². The molecule has 1 rings (SSSR count). The Kier molecular flexibility index (Phi) is 7.16. The number of alkyl carbamates (subject to hydrolysis) is 1. The zero-order valence-electron chi connectivity index (χ0n) is 12.6. The van der Waals surface area contributed by atoms with Crippen LogP contribution in [0, 0.1) is 0 Å². The summed E-state index contributed by atoms with van der Waals surface area (Å²) < 4.78 is 5.17. The van der Waals surface area contributed by atoms with Crippen molar-refractivity contribution in [2.45, 2.75) is 45.6 Å². The molecule has 0 radical (unpaired) electrons. The van der Waals surface area contributed by atoms with E-state index in [1.54, 1.807) is 0 Å². The molecule has 1 aliphatic heterocycles. The van der Waals surface area contributed by atoms with Gasteiger partial charge in [0.1, 0.15) is 5.60 Å². The fraction of sp³-hybridized carbons (Fsp3) is 0.929. The molecule has 0 spiro atoms. The number of hydrogen-bond donors (Lipinski definition) is 2. The summed E-state index contributed by atoms with van der Waals surface area (Å²) in [4.78, 5) is 13.9. The van der Waals surface area contributed by atoms with E-state index < -0.39 is 5.60 Å². The van der Waals surface area contributed by atoms with E-state index in [9.17, 15) is 4.79 Å². The lowest BCUT2D eigenvalue weighted by Crippen LogP contribution is -2.43. The number of hydrogen-bond acceptors (Lipinski definition) is 4. The summed E-state index contributed by atoms with van der Waals surface area (Å²) in [5.74, 6) is 0. The van der Waals surface area contributed by atoms with Crippen molar-refractivity contribution < 1.29 is 9.53 Å². The highest BCUT2D eigenvalue weighted by atomic mass is 16.6. The van der Waals surface area contributed by atoms with E-state index in [0.29, 0.717) is 6.54 Å². The molecular formula is C14H29N3O2. The van der Waals surface area contributed by atoms with Crippen LogP contribution in [-0.2, 0) is 4.74 Å². The first-order chi connectivity index (χ1) is 8.97. The van der Waals surface area contributed by atoms with Crippen molar-refractivity contribution in [3.05, 3.63) is 0 Å². The highest BCUT2D eigenvalue weighted by molar-refractivity contribution is 5.67. The molecule has 5 nitrogen and oxygen atoms in total. The zero-order chi connectivity index (χ0) is 14.1. The molecule has 0 saturated carbocycles. The number of nitrogens with zero attached hydrogens (tertiary/aromatic N) is 1.